The summed E-state index contributed by atoms with van der Waals surface area (Å²) in [4.78, 5) is 29.2. The standard InChI is InChI=1S/C20H20Cl2N2O3/c1-27-18-6-3-2-5-16(18)20(26)24-10-4-9-23(11-12-24)19(25)15-8-7-14(21)13-17(15)22/h2-3,5-8,13H,4,9-12H2,1H3. The fourth-order valence-corrected chi connectivity index (χ4v) is 3.64. The van der Waals surface area contributed by atoms with Gasteiger partial charge in [0.15, 0.2) is 0 Å². The average molecular weight is 407 g/mol. The number of benzene rings is 2. The molecule has 7 heteroatoms. The summed E-state index contributed by atoms with van der Waals surface area (Å²) in [5.74, 6) is 0.308. The van der Waals surface area contributed by atoms with E-state index in [1.54, 1.807) is 47.2 Å². The third kappa shape index (κ3) is 4.37. The summed E-state index contributed by atoms with van der Waals surface area (Å²) in [5, 5.41) is 0.819. The van der Waals surface area contributed by atoms with Gasteiger partial charge in [-0.15, -0.1) is 0 Å². The summed E-state index contributed by atoms with van der Waals surface area (Å²) in [5.41, 5.74) is 0.950. The van der Waals surface area contributed by atoms with Gasteiger partial charge in [0.2, 0.25) is 0 Å². The number of carbonyl (C=O) groups is 2. The fourth-order valence-electron chi connectivity index (χ4n) is 3.15. The first-order valence-electron chi connectivity index (χ1n) is 8.68. The molecule has 142 valence electrons. The molecule has 0 bridgehead atoms. The largest absolute Gasteiger partial charge is 0.496 e. The van der Waals surface area contributed by atoms with Gasteiger partial charge in [0, 0.05) is 31.2 Å². The van der Waals surface area contributed by atoms with Crippen LogP contribution in [0, 0.1) is 0 Å². The van der Waals surface area contributed by atoms with Gasteiger partial charge in [-0.2, -0.15) is 0 Å². The molecule has 5 nitrogen and oxygen atoms in total. The van der Waals surface area contributed by atoms with Crippen LogP contribution in [0.2, 0.25) is 10.0 Å². The second-order valence-corrected chi connectivity index (χ2v) is 7.11. The summed E-state index contributed by atoms with van der Waals surface area (Å²) in [7, 11) is 1.55. The van der Waals surface area contributed by atoms with Crippen LogP contribution in [0.5, 0.6) is 5.75 Å². The fraction of sp³-hybridized carbons (Fsp3) is 0.300. The van der Waals surface area contributed by atoms with E-state index in [9.17, 15) is 9.59 Å². The number of carbonyl (C=O) groups excluding carboxylic acids is 2. The highest BCUT2D eigenvalue weighted by Gasteiger charge is 2.25. The molecule has 1 aliphatic heterocycles. The number of rotatable bonds is 3. The van der Waals surface area contributed by atoms with Crippen molar-refractivity contribution in [2.75, 3.05) is 33.3 Å². The van der Waals surface area contributed by atoms with E-state index in [1.807, 2.05) is 12.1 Å². The van der Waals surface area contributed by atoms with Crippen LogP contribution in [0.1, 0.15) is 27.1 Å². The molecule has 0 aromatic heterocycles. The Morgan fingerprint density at radius 2 is 1.52 bits per heavy atom. The van der Waals surface area contributed by atoms with Crippen molar-refractivity contribution in [1.29, 1.82) is 0 Å². The lowest BCUT2D eigenvalue weighted by molar-refractivity contribution is 0.0717. The molecule has 0 radical (unpaired) electrons. The van der Waals surface area contributed by atoms with Crippen LogP contribution in [0.4, 0.5) is 0 Å². The van der Waals surface area contributed by atoms with Crippen molar-refractivity contribution in [1.82, 2.24) is 9.80 Å². The minimum absolute atomic E-state index is 0.0914. The van der Waals surface area contributed by atoms with Crippen molar-refractivity contribution in [2.24, 2.45) is 0 Å². The Hall–Kier alpha value is -2.24. The number of hydrogen-bond acceptors (Lipinski definition) is 3. The summed E-state index contributed by atoms with van der Waals surface area (Å²) >= 11 is 12.1. The number of ether oxygens (including phenoxy) is 1. The normalized spacial score (nSPS) is 14.6. The van der Waals surface area contributed by atoms with E-state index in [1.165, 1.54) is 0 Å². The Morgan fingerprint density at radius 1 is 0.889 bits per heavy atom. The van der Waals surface area contributed by atoms with Crippen molar-refractivity contribution < 1.29 is 14.3 Å². The molecule has 2 aromatic carbocycles. The second-order valence-electron chi connectivity index (χ2n) is 6.26. The molecule has 2 amide bonds. The molecule has 1 fully saturated rings. The monoisotopic (exact) mass is 406 g/mol. The maximum atomic E-state index is 12.9. The maximum Gasteiger partial charge on any atom is 0.257 e. The number of nitrogens with zero attached hydrogens (tertiary/aromatic N) is 2. The highest BCUT2D eigenvalue weighted by atomic mass is 35.5. The lowest BCUT2D eigenvalue weighted by Gasteiger charge is -2.23. The molecule has 3 rings (SSSR count). The van der Waals surface area contributed by atoms with Crippen LogP contribution >= 0.6 is 23.2 Å². The Labute approximate surface area is 168 Å². The Balaban J connectivity index is 1.72. The van der Waals surface area contributed by atoms with Gasteiger partial charge in [-0.25, -0.2) is 0 Å². The molecule has 1 saturated heterocycles. The third-order valence-electron chi connectivity index (χ3n) is 4.57. The quantitative estimate of drug-likeness (QED) is 0.773. The molecule has 2 aromatic rings. The van der Waals surface area contributed by atoms with Gasteiger partial charge in [-0.1, -0.05) is 35.3 Å². The molecular formula is C20H20Cl2N2O3. The Morgan fingerprint density at radius 3 is 2.15 bits per heavy atom. The predicted molar refractivity (Wildman–Crippen MR) is 106 cm³/mol. The van der Waals surface area contributed by atoms with E-state index in [-0.39, 0.29) is 11.8 Å². The molecule has 1 aliphatic rings. The van der Waals surface area contributed by atoms with Crippen molar-refractivity contribution in [3.8, 4) is 5.75 Å². The lowest BCUT2D eigenvalue weighted by Crippen LogP contribution is -2.37. The predicted octanol–water partition coefficient (Wildman–Crippen LogP) is 3.99. The summed E-state index contributed by atoms with van der Waals surface area (Å²) in [6.07, 6.45) is 0.692. The molecule has 0 atom stereocenters. The van der Waals surface area contributed by atoms with Gasteiger partial charge >= 0.3 is 0 Å². The van der Waals surface area contributed by atoms with E-state index in [0.717, 1.165) is 0 Å². The van der Waals surface area contributed by atoms with Gasteiger partial charge in [0.25, 0.3) is 11.8 Å². The van der Waals surface area contributed by atoms with Crippen molar-refractivity contribution in [2.45, 2.75) is 6.42 Å². The molecule has 0 unspecified atom stereocenters. The van der Waals surface area contributed by atoms with Gasteiger partial charge in [-0.3, -0.25) is 9.59 Å². The SMILES string of the molecule is COc1ccccc1C(=O)N1CCCN(C(=O)c2ccc(Cl)cc2Cl)CC1. The van der Waals surface area contributed by atoms with E-state index >= 15 is 0 Å². The van der Waals surface area contributed by atoms with E-state index in [4.69, 9.17) is 27.9 Å². The number of methoxy groups -OCH3 is 1. The maximum absolute atomic E-state index is 12.9. The Bertz CT molecular complexity index is 857. The summed E-state index contributed by atoms with van der Waals surface area (Å²) < 4.78 is 5.29. The molecule has 27 heavy (non-hydrogen) atoms. The van der Waals surface area contributed by atoms with Gasteiger partial charge in [0.1, 0.15) is 5.75 Å². The molecule has 0 aliphatic carbocycles. The number of para-hydroxylation sites is 1. The number of halogens is 2. The van der Waals surface area contributed by atoms with Gasteiger partial charge in [-0.05, 0) is 36.8 Å². The van der Waals surface area contributed by atoms with Crippen LogP contribution in [0.3, 0.4) is 0 Å². The zero-order chi connectivity index (χ0) is 19.4. The zero-order valence-electron chi connectivity index (χ0n) is 15.0. The molecule has 0 spiro atoms. The highest BCUT2D eigenvalue weighted by Crippen LogP contribution is 2.24. The summed E-state index contributed by atoms with van der Waals surface area (Å²) in [6, 6.07) is 12.0. The number of hydrogen-bond donors (Lipinski definition) is 0. The van der Waals surface area contributed by atoms with Crippen molar-refractivity contribution >= 4 is 35.0 Å². The molecule has 0 saturated carbocycles. The van der Waals surface area contributed by atoms with Crippen LogP contribution in [0.15, 0.2) is 42.5 Å². The van der Waals surface area contributed by atoms with E-state index in [0.29, 0.717) is 59.5 Å². The van der Waals surface area contributed by atoms with Crippen LogP contribution < -0.4 is 4.74 Å². The van der Waals surface area contributed by atoms with Crippen LogP contribution in [0.25, 0.3) is 0 Å². The third-order valence-corrected chi connectivity index (χ3v) is 5.12. The first kappa shape index (κ1) is 19.5. The Kier molecular flexibility index (Phi) is 6.24. The summed E-state index contributed by atoms with van der Waals surface area (Å²) in [6.45, 7) is 2.04. The van der Waals surface area contributed by atoms with Crippen LogP contribution in [-0.4, -0.2) is 54.9 Å². The van der Waals surface area contributed by atoms with Gasteiger partial charge in [0.05, 0.1) is 23.3 Å². The first-order chi connectivity index (χ1) is 13.0. The number of amides is 2. The topological polar surface area (TPSA) is 49.9 Å². The first-order valence-corrected chi connectivity index (χ1v) is 9.43. The molecule has 0 N–H and O–H groups in total. The lowest BCUT2D eigenvalue weighted by atomic mass is 10.1. The zero-order valence-corrected chi connectivity index (χ0v) is 16.5. The van der Waals surface area contributed by atoms with Crippen LogP contribution in [-0.2, 0) is 0 Å². The van der Waals surface area contributed by atoms with E-state index < -0.39 is 0 Å². The van der Waals surface area contributed by atoms with Crippen molar-refractivity contribution in [3.05, 3.63) is 63.6 Å². The van der Waals surface area contributed by atoms with E-state index in [2.05, 4.69) is 0 Å². The van der Waals surface area contributed by atoms with Crippen molar-refractivity contribution in [3.63, 3.8) is 0 Å². The van der Waals surface area contributed by atoms with Gasteiger partial charge < -0.3 is 14.5 Å². The molecular weight excluding hydrogens is 387 g/mol. The minimum Gasteiger partial charge on any atom is -0.496 e. The smallest absolute Gasteiger partial charge is 0.257 e. The second kappa shape index (κ2) is 8.63. The average Bonchev–Trinajstić information content (AvgIpc) is 2.93. The molecule has 1 heterocycles. The highest BCUT2D eigenvalue weighted by molar-refractivity contribution is 6.36. The minimum atomic E-state index is -0.150.